The van der Waals surface area contributed by atoms with Gasteiger partial charge in [-0.1, -0.05) is 29.7 Å². The summed E-state index contributed by atoms with van der Waals surface area (Å²) in [5, 5.41) is 0.832. The summed E-state index contributed by atoms with van der Waals surface area (Å²) in [6.07, 6.45) is 3.50. The minimum atomic E-state index is 0. The summed E-state index contributed by atoms with van der Waals surface area (Å²) in [4.78, 5) is 16.1. The Labute approximate surface area is 120 Å². The highest BCUT2D eigenvalue weighted by Gasteiger charge is 2.07. The van der Waals surface area contributed by atoms with Crippen molar-refractivity contribution in [1.82, 2.24) is 9.36 Å². The van der Waals surface area contributed by atoms with Gasteiger partial charge >= 0.3 is 0 Å². The van der Waals surface area contributed by atoms with Crippen LogP contribution in [0, 0.1) is 0 Å². The van der Waals surface area contributed by atoms with E-state index in [1.165, 1.54) is 11.5 Å². The number of nitrogens with zero attached hydrogens (tertiary/aromatic N) is 1. The molecule has 0 fully saturated rings. The second-order valence-electron chi connectivity index (χ2n) is 4.14. The highest BCUT2D eigenvalue weighted by molar-refractivity contribution is 7.13. The van der Waals surface area contributed by atoms with Gasteiger partial charge in [0.05, 0.1) is 10.1 Å². The number of aryl methyl sites for hydroxylation is 2. The number of H-pyrrole nitrogens is 1. The van der Waals surface area contributed by atoms with Crippen molar-refractivity contribution in [1.29, 1.82) is 0 Å². The van der Waals surface area contributed by atoms with Gasteiger partial charge in [-0.15, -0.1) is 12.4 Å². The van der Waals surface area contributed by atoms with Crippen LogP contribution >= 0.6 is 23.9 Å². The third kappa shape index (κ3) is 2.85. The van der Waals surface area contributed by atoms with E-state index in [4.69, 9.17) is 0 Å². The number of halogens is 1. The number of hydrogen-bond acceptors (Lipinski definition) is 3. The first-order valence-electron chi connectivity index (χ1n) is 5.83. The van der Waals surface area contributed by atoms with E-state index in [9.17, 15) is 4.79 Å². The fraction of sp³-hybridized carbons (Fsp3) is 0.143. The van der Waals surface area contributed by atoms with Crippen molar-refractivity contribution in [2.75, 3.05) is 0 Å². The van der Waals surface area contributed by atoms with E-state index in [1.54, 1.807) is 6.20 Å². The highest BCUT2D eigenvalue weighted by atomic mass is 35.5. The van der Waals surface area contributed by atoms with Crippen molar-refractivity contribution in [3.63, 3.8) is 0 Å². The van der Waals surface area contributed by atoms with Crippen molar-refractivity contribution in [2.45, 2.75) is 12.8 Å². The van der Waals surface area contributed by atoms with Gasteiger partial charge in [0.2, 0.25) is 0 Å². The van der Waals surface area contributed by atoms with Gasteiger partial charge in [-0.2, -0.15) is 0 Å². The van der Waals surface area contributed by atoms with Gasteiger partial charge in [-0.3, -0.25) is 14.2 Å². The maximum Gasteiger partial charge on any atom is 0.266 e. The Bertz CT molecular complexity index is 721. The third-order valence-corrected chi connectivity index (χ3v) is 3.82. The summed E-state index contributed by atoms with van der Waals surface area (Å²) in [6.45, 7) is 0. The zero-order valence-electron chi connectivity index (χ0n) is 10.1. The molecule has 0 bridgehead atoms. The van der Waals surface area contributed by atoms with Gasteiger partial charge in [0.25, 0.3) is 5.56 Å². The minimum Gasteiger partial charge on any atom is -0.277 e. The highest BCUT2D eigenvalue weighted by Crippen LogP contribution is 2.19. The lowest BCUT2D eigenvalue weighted by Crippen LogP contribution is -2.02. The maximum atomic E-state index is 11.8. The molecule has 5 heteroatoms. The van der Waals surface area contributed by atoms with Crippen LogP contribution in [-0.4, -0.2) is 9.36 Å². The first-order valence-corrected chi connectivity index (χ1v) is 6.65. The van der Waals surface area contributed by atoms with E-state index in [2.05, 4.69) is 9.36 Å². The number of pyridine rings is 1. The van der Waals surface area contributed by atoms with Crippen LogP contribution in [0.1, 0.15) is 11.3 Å². The van der Waals surface area contributed by atoms with Gasteiger partial charge in [0.1, 0.15) is 0 Å². The Morgan fingerprint density at radius 1 is 1.11 bits per heavy atom. The summed E-state index contributed by atoms with van der Waals surface area (Å²) in [5.41, 5.74) is 2.17. The first kappa shape index (κ1) is 13.8. The predicted molar refractivity (Wildman–Crippen MR) is 81.3 cm³/mol. The fourth-order valence-corrected chi connectivity index (χ4v) is 2.87. The van der Waals surface area contributed by atoms with Crippen LogP contribution in [0.2, 0.25) is 0 Å². The molecule has 0 aliphatic heterocycles. The number of aromatic nitrogens is 2. The van der Waals surface area contributed by atoms with Crippen molar-refractivity contribution in [3.8, 4) is 0 Å². The molecule has 0 aliphatic carbocycles. The van der Waals surface area contributed by atoms with E-state index in [-0.39, 0.29) is 18.0 Å². The molecule has 3 aromatic rings. The quantitative estimate of drug-likeness (QED) is 0.806. The number of hydrogen-bond donors (Lipinski definition) is 1. The Hall–Kier alpha value is -1.65. The van der Waals surface area contributed by atoms with Crippen LogP contribution in [0.5, 0.6) is 0 Å². The monoisotopic (exact) mass is 292 g/mol. The van der Waals surface area contributed by atoms with E-state index >= 15 is 0 Å². The number of nitrogens with one attached hydrogen (secondary N) is 1. The molecule has 3 nitrogen and oxygen atoms in total. The second-order valence-corrected chi connectivity index (χ2v) is 4.99. The van der Waals surface area contributed by atoms with E-state index in [0.29, 0.717) is 0 Å². The fourth-order valence-electron chi connectivity index (χ4n) is 2.09. The van der Waals surface area contributed by atoms with Crippen LogP contribution in [-0.2, 0) is 12.8 Å². The standard InChI is InChI=1S/C14H12N2OS.ClH/c17-14-13-10(4-3-6-12(13)18-16-14)7-8-11-5-1-2-9-15-11;/h1-6,9H,7-8H2,(H,16,17);1H. The van der Waals surface area contributed by atoms with Crippen LogP contribution in [0.4, 0.5) is 0 Å². The Balaban J connectivity index is 0.00000133. The van der Waals surface area contributed by atoms with Crippen molar-refractivity contribution >= 4 is 34.0 Å². The molecule has 0 amide bonds. The Morgan fingerprint density at radius 2 is 2.00 bits per heavy atom. The largest absolute Gasteiger partial charge is 0.277 e. The van der Waals surface area contributed by atoms with Crippen LogP contribution in [0.3, 0.4) is 0 Å². The average molecular weight is 293 g/mol. The predicted octanol–water partition coefficient (Wildman–Crippen LogP) is 3.19. The smallest absolute Gasteiger partial charge is 0.266 e. The third-order valence-electron chi connectivity index (χ3n) is 2.97. The number of fused-ring (bicyclic) bond motifs is 1. The van der Waals surface area contributed by atoms with Crippen LogP contribution in [0.15, 0.2) is 47.4 Å². The van der Waals surface area contributed by atoms with E-state index in [0.717, 1.165) is 34.2 Å². The SMILES string of the molecule is Cl.O=c1[nH]sc2cccc(CCc3ccccn3)c12. The van der Waals surface area contributed by atoms with Gasteiger partial charge in [-0.25, -0.2) is 0 Å². The topological polar surface area (TPSA) is 45.8 Å². The molecule has 0 unspecified atom stereocenters. The number of benzene rings is 1. The molecule has 0 saturated heterocycles. The molecule has 1 N–H and O–H groups in total. The zero-order valence-corrected chi connectivity index (χ0v) is 11.8. The summed E-state index contributed by atoms with van der Waals surface area (Å²) in [6, 6.07) is 11.9. The minimum absolute atomic E-state index is 0. The molecule has 0 radical (unpaired) electrons. The van der Waals surface area contributed by atoms with E-state index in [1.807, 2.05) is 36.4 Å². The normalized spacial score (nSPS) is 10.3. The molecule has 0 aliphatic rings. The van der Waals surface area contributed by atoms with Gasteiger partial charge in [0, 0.05) is 11.9 Å². The molecule has 1 aromatic carbocycles. The molecular weight excluding hydrogens is 280 g/mol. The lowest BCUT2D eigenvalue weighted by molar-refractivity contribution is 0.919. The summed E-state index contributed by atoms with van der Waals surface area (Å²) < 4.78 is 3.81. The molecule has 2 aromatic heterocycles. The van der Waals surface area contributed by atoms with E-state index < -0.39 is 0 Å². The average Bonchev–Trinajstić information content (AvgIpc) is 2.80. The van der Waals surface area contributed by atoms with Crippen molar-refractivity contribution < 1.29 is 0 Å². The summed E-state index contributed by atoms with van der Waals surface area (Å²) in [7, 11) is 0. The zero-order chi connectivity index (χ0) is 12.4. The van der Waals surface area contributed by atoms with Gasteiger partial charge in [0.15, 0.2) is 0 Å². The van der Waals surface area contributed by atoms with Crippen LogP contribution < -0.4 is 5.56 Å². The molecule has 0 atom stereocenters. The molecule has 2 heterocycles. The maximum absolute atomic E-state index is 11.8. The lowest BCUT2D eigenvalue weighted by Gasteiger charge is -2.02. The summed E-state index contributed by atoms with van der Waals surface area (Å²) >= 11 is 1.40. The summed E-state index contributed by atoms with van der Waals surface area (Å²) in [5.74, 6) is 0. The first-order chi connectivity index (χ1) is 8.84. The molecular formula is C14H13ClN2OS. The van der Waals surface area contributed by atoms with Gasteiger partial charge < -0.3 is 0 Å². The second kappa shape index (κ2) is 5.99. The Morgan fingerprint density at radius 3 is 2.79 bits per heavy atom. The molecule has 19 heavy (non-hydrogen) atoms. The van der Waals surface area contributed by atoms with Gasteiger partial charge in [-0.05, 0) is 36.6 Å². The Kier molecular flexibility index (Phi) is 4.35. The molecule has 0 saturated carbocycles. The van der Waals surface area contributed by atoms with Crippen molar-refractivity contribution in [3.05, 3.63) is 64.2 Å². The van der Waals surface area contributed by atoms with Crippen molar-refractivity contribution in [2.24, 2.45) is 0 Å². The number of aromatic amines is 1. The molecule has 0 spiro atoms. The molecule has 3 rings (SSSR count). The van der Waals surface area contributed by atoms with Crippen LogP contribution in [0.25, 0.3) is 10.1 Å². The number of rotatable bonds is 3. The molecule has 98 valence electrons. The lowest BCUT2D eigenvalue weighted by atomic mass is 10.0.